The Morgan fingerprint density at radius 2 is 2.17 bits per heavy atom. The van der Waals surface area contributed by atoms with Crippen molar-refractivity contribution in [1.29, 1.82) is 0 Å². The van der Waals surface area contributed by atoms with Gasteiger partial charge in [-0.2, -0.15) is 0 Å². The molecule has 3 heteroatoms. The monoisotopic (exact) mass is 248 g/mol. The van der Waals surface area contributed by atoms with E-state index < -0.39 is 0 Å². The van der Waals surface area contributed by atoms with Crippen LogP contribution in [0.25, 0.3) is 0 Å². The molecule has 0 radical (unpaired) electrons. The molecule has 0 saturated carbocycles. The molecule has 2 rings (SSSR count). The van der Waals surface area contributed by atoms with Gasteiger partial charge >= 0.3 is 0 Å². The fourth-order valence-corrected chi connectivity index (χ4v) is 2.83. The first-order chi connectivity index (χ1) is 8.85. The minimum atomic E-state index is 0.378. The molecule has 1 fully saturated rings. The number of ether oxygens (including phenoxy) is 1. The van der Waals surface area contributed by atoms with Crippen LogP contribution < -0.4 is 5.73 Å². The molecule has 1 aliphatic rings. The third-order valence-corrected chi connectivity index (χ3v) is 3.81. The van der Waals surface area contributed by atoms with Gasteiger partial charge in [-0.15, -0.1) is 0 Å². The zero-order chi connectivity index (χ0) is 12.8. The summed E-state index contributed by atoms with van der Waals surface area (Å²) in [4.78, 5) is 2.53. The lowest BCUT2D eigenvalue weighted by Gasteiger charge is -2.38. The third-order valence-electron chi connectivity index (χ3n) is 3.81. The zero-order valence-electron chi connectivity index (χ0n) is 11.2. The van der Waals surface area contributed by atoms with E-state index in [1.54, 1.807) is 0 Å². The second kappa shape index (κ2) is 6.88. The average molecular weight is 248 g/mol. The van der Waals surface area contributed by atoms with Crippen molar-refractivity contribution in [3.05, 3.63) is 35.9 Å². The Morgan fingerprint density at radius 3 is 2.83 bits per heavy atom. The SMILES string of the molecule is COC1CCCN(C(CCN)c2ccccc2)C1. The molecule has 1 aromatic carbocycles. The standard InChI is InChI=1S/C15H24N2O/c1-18-14-8-5-11-17(12-14)15(9-10-16)13-6-3-2-4-7-13/h2-4,6-7,14-15H,5,8-12,16H2,1H3. The maximum absolute atomic E-state index is 5.78. The molecule has 0 bridgehead atoms. The molecule has 3 nitrogen and oxygen atoms in total. The second-order valence-corrected chi connectivity index (χ2v) is 5.00. The summed E-state index contributed by atoms with van der Waals surface area (Å²) in [5, 5.41) is 0. The van der Waals surface area contributed by atoms with Crippen molar-refractivity contribution in [3.63, 3.8) is 0 Å². The highest BCUT2D eigenvalue weighted by Gasteiger charge is 2.26. The lowest BCUT2D eigenvalue weighted by Crippen LogP contribution is -2.42. The number of methoxy groups -OCH3 is 1. The summed E-state index contributed by atoms with van der Waals surface area (Å²) in [5.41, 5.74) is 7.16. The maximum atomic E-state index is 5.78. The Hall–Kier alpha value is -0.900. The molecule has 2 atom stereocenters. The summed E-state index contributed by atoms with van der Waals surface area (Å²) >= 11 is 0. The van der Waals surface area contributed by atoms with Crippen molar-refractivity contribution in [2.24, 2.45) is 5.73 Å². The van der Waals surface area contributed by atoms with Crippen molar-refractivity contribution in [1.82, 2.24) is 4.90 Å². The van der Waals surface area contributed by atoms with Gasteiger partial charge in [-0.1, -0.05) is 30.3 Å². The van der Waals surface area contributed by atoms with Gasteiger partial charge in [-0.3, -0.25) is 4.90 Å². The first-order valence-corrected chi connectivity index (χ1v) is 6.87. The predicted octanol–water partition coefficient (Wildman–Crippen LogP) is 2.19. The van der Waals surface area contributed by atoms with Crippen LogP contribution in [0.1, 0.15) is 30.9 Å². The molecule has 1 saturated heterocycles. The van der Waals surface area contributed by atoms with Gasteiger partial charge in [0, 0.05) is 19.7 Å². The molecule has 0 amide bonds. The van der Waals surface area contributed by atoms with Gasteiger partial charge in [0.2, 0.25) is 0 Å². The van der Waals surface area contributed by atoms with E-state index in [-0.39, 0.29) is 0 Å². The van der Waals surface area contributed by atoms with Crippen LogP contribution >= 0.6 is 0 Å². The van der Waals surface area contributed by atoms with E-state index in [2.05, 4.69) is 35.2 Å². The van der Waals surface area contributed by atoms with Crippen LogP contribution in [0.5, 0.6) is 0 Å². The van der Waals surface area contributed by atoms with Crippen LogP contribution in [0.2, 0.25) is 0 Å². The number of hydrogen-bond donors (Lipinski definition) is 1. The molecule has 1 aromatic rings. The van der Waals surface area contributed by atoms with Gasteiger partial charge < -0.3 is 10.5 Å². The molecule has 0 aromatic heterocycles. The number of benzene rings is 1. The molecule has 100 valence electrons. The highest BCUT2D eigenvalue weighted by Crippen LogP contribution is 2.27. The average Bonchev–Trinajstić information content (AvgIpc) is 2.46. The molecular weight excluding hydrogens is 224 g/mol. The second-order valence-electron chi connectivity index (χ2n) is 5.00. The van der Waals surface area contributed by atoms with Crippen LogP contribution in [-0.4, -0.2) is 37.7 Å². The predicted molar refractivity (Wildman–Crippen MR) is 74.5 cm³/mol. The van der Waals surface area contributed by atoms with Crippen molar-refractivity contribution in [2.75, 3.05) is 26.7 Å². The van der Waals surface area contributed by atoms with Crippen LogP contribution in [0, 0.1) is 0 Å². The molecule has 2 unspecified atom stereocenters. The van der Waals surface area contributed by atoms with Crippen LogP contribution in [0.15, 0.2) is 30.3 Å². The molecule has 2 N–H and O–H groups in total. The van der Waals surface area contributed by atoms with E-state index in [1.807, 2.05) is 7.11 Å². The molecule has 18 heavy (non-hydrogen) atoms. The topological polar surface area (TPSA) is 38.5 Å². The highest BCUT2D eigenvalue weighted by atomic mass is 16.5. The first kappa shape index (κ1) is 13.5. The van der Waals surface area contributed by atoms with E-state index in [4.69, 9.17) is 10.5 Å². The Balaban J connectivity index is 2.09. The van der Waals surface area contributed by atoms with E-state index >= 15 is 0 Å². The first-order valence-electron chi connectivity index (χ1n) is 6.87. The third kappa shape index (κ3) is 3.31. The lowest BCUT2D eigenvalue weighted by molar-refractivity contribution is 0.0129. The summed E-state index contributed by atoms with van der Waals surface area (Å²) in [6, 6.07) is 11.1. The quantitative estimate of drug-likeness (QED) is 0.868. The van der Waals surface area contributed by atoms with Gasteiger partial charge in [0.15, 0.2) is 0 Å². The largest absolute Gasteiger partial charge is 0.380 e. The Morgan fingerprint density at radius 1 is 1.39 bits per heavy atom. The van der Waals surface area contributed by atoms with E-state index in [0.717, 1.165) is 26.1 Å². The molecule has 0 aliphatic carbocycles. The zero-order valence-corrected chi connectivity index (χ0v) is 11.2. The van der Waals surface area contributed by atoms with Gasteiger partial charge in [-0.05, 0) is 37.9 Å². The smallest absolute Gasteiger partial charge is 0.0698 e. The Bertz CT molecular complexity index is 342. The van der Waals surface area contributed by atoms with Crippen LogP contribution in [0.3, 0.4) is 0 Å². The van der Waals surface area contributed by atoms with Gasteiger partial charge in [0.05, 0.1) is 6.10 Å². The summed E-state index contributed by atoms with van der Waals surface area (Å²) in [6.07, 6.45) is 3.78. The van der Waals surface area contributed by atoms with Crippen molar-refractivity contribution < 1.29 is 4.74 Å². The number of piperidine rings is 1. The molecule has 1 heterocycles. The van der Waals surface area contributed by atoms with Gasteiger partial charge in [0.1, 0.15) is 0 Å². The number of nitrogens with zero attached hydrogens (tertiary/aromatic N) is 1. The fraction of sp³-hybridized carbons (Fsp3) is 0.600. The minimum absolute atomic E-state index is 0.378. The molecule has 0 spiro atoms. The minimum Gasteiger partial charge on any atom is -0.380 e. The highest BCUT2D eigenvalue weighted by molar-refractivity contribution is 5.19. The van der Waals surface area contributed by atoms with Crippen molar-refractivity contribution >= 4 is 0 Å². The fourth-order valence-electron chi connectivity index (χ4n) is 2.83. The maximum Gasteiger partial charge on any atom is 0.0698 e. The number of rotatable bonds is 5. The number of nitrogens with two attached hydrogens (primary N) is 1. The summed E-state index contributed by atoms with van der Waals surface area (Å²) in [6.45, 7) is 2.91. The van der Waals surface area contributed by atoms with Gasteiger partial charge in [0.25, 0.3) is 0 Å². The van der Waals surface area contributed by atoms with Crippen LogP contribution in [-0.2, 0) is 4.74 Å². The number of hydrogen-bond acceptors (Lipinski definition) is 3. The Kier molecular flexibility index (Phi) is 5.17. The molecule has 1 aliphatic heterocycles. The summed E-state index contributed by atoms with van der Waals surface area (Å²) in [7, 11) is 1.81. The van der Waals surface area contributed by atoms with Crippen LogP contribution in [0.4, 0.5) is 0 Å². The molecular formula is C15H24N2O. The van der Waals surface area contributed by atoms with E-state index in [0.29, 0.717) is 12.1 Å². The lowest BCUT2D eigenvalue weighted by atomic mass is 9.98. The summed E-state index contributed by atoms with van der Waals surface area (Å²) < 4.78 is 5.51. The Labute approximate surface area is 110 Å². The normalized spacial score (nSPS) is 22.9. The van der Waals surface area contributed by atoms with E-state index in [1.165, 1.54) is 18.4 Å². The van der Waals surface area contributed by atoms with Crippen molar-refractivity contribution in [2.45, 2.75) is 31.4 Å². The summed E-state index contributed by atoms with van der Waals surface area (Å²) in [5.74, 6) is 0. The number of likely N-dealkylation sites (tertiary alicyclic amines) is 1. The van der Waals surface area contributed by atoms with E-state index in [9.17, 15) is 0 Å². The van der Waals surface area contributed by atoms with Gasteiger partial charge in [-0.25, -0.2) is 0 Å². The van der Waals surface area contributed by atoms with Crippen molar-refractivity contribution in [3.8, 4) is 0 Å².